The van der Waals surface area contributed by atoms with Crippen LogP contribution in [0.25, 0.3) is 10.2 Å². The molecule has 3 aromatic heterocycles. The summed E-state index contributed by atoms with van der Waals surface area (Å²) in [5.41, 5.74) is 0. The van der Waals surface area contributed by atoms with Crippen molar-refractivity contribution in [3.8, 4) is 6.01 Å². The summed E-state index contributed by atoms with van der Waals surface area (Å²) in [6.45, 7) is 4.01. The van der Waals surface area contributed by atoms with Crippen LogP contribution in [-0.4, -0.2) is 65.1 Å². The first-order chi connectivity index (χ1) is 17.5. The van der Waals surface area contributed by atoms with Crippen LogP contribution in [0.15, 0.2) is 6.07 Å². The summed E-state index contributed by atoms with van der Waals surface area (Å²) >= 11 is 1.55. The molecular weight excluding hydrogens is 533 g/mol. The number of alkyl halides is 3. The molecule has 0 bridgehead atoms. The van der Waals surface area contributed by atoms with Gasteiger partial charge in [-0.25, -0.2) is 13.6 Å². The molecule has 0 spiro atoms. The first kappa shape index (κ1) is 27.5. The van der Waals surface area contributed by atoms with Gasteiger partial charge in [-0.2, -0.15) is 23.1 Å². The fraction of sp³-hybridized carbons (Fsp3) is 0.619. The Morgan fingerprint density at radius 2 is 2.00 bits per heavy atom. The highest BCUT2D eigenvalue weighted by Gasteiger charge is 2.39. The van der Waals surface area contributed by atoms with Gasteiger partial charge in [0, 0.05) is 24.5 Å². The van der Waals surface area contributed by atoms with Crippen molar-refractivity contribution in [1.29, 1.82) is 0 Å². The van der Waals surface area contributed by atoms with E-state index in [1.165, 1.54) is 0 Å². The van der Waals surface area contributed by atoms with Crippen molar-refractivity contribution in [2.24, 2.45) is 5.14 Å². The number of sulfonamides is 1. The lowest BCUT2D eigenvalue weighted by atomic mass is 10.2. The lowest BCUT2D eigenvalue weighted by molar-refractivity contribution is -0.147. The van der Waals surface area contributed by atoms with Crippen LogP contribution in [0, 0.1) is 0 Å². The van der Waals surface area contributed by atoms with Crippen LogP contribution in [0.3, 0.4) is 0 Å². The van der Waals surface area contributed by atoms with Gasteiger partial charge in [0.1, 0.15) is 17.3 Å². The zero-order valence-corrected chi connectivity index (χ0v) is 21.9. The monoisotopic (exact) mass is 562 g/mol. The molecule has 0 aliphatic carbocycles. The predicted octanol–water partition coefficient (Wildman–Crippen LogP) is 2.31. The van der Waals surface area contributed by atoms with E-state index in [2.05, 4.69) is 32.4 Å². The Kier molecular flexibility index (Phi) is 8.50. The number of fused-ring (bicyclic) bond motifs is 2. The van der Waals surface area contributed by atoms with Gasteiger partial charge in [-0.15, -0.1) is 21.5 Å². The number of unbranched alkanes of at least 4 members (excludes halogenated alkanes) is 1. The fourth-order valence-corrected chi connectivity index (χ4v) is 5.78. The van der Waals surface area contributed by atoms with Crippen molar-refractivity contribution >= 4 is 37.4 Å². The average molecular weight is 563 g/mol. The lowest BCUT2D eigenvalue weighted by Crippen LogP contribution is -2.36. The number of hydrogen-bond acceptors (Lipinski definition) is 10. The molecule has 3 N–H and O–H groups in total. The number of nitrogens with zero attached hydrogens (tertiary/aromatic N) is 6. The second-order valence-electron chi connectivity index (χ2n) is 8.69. The van der Waals surface area contributed by atoms with Crippen molar-refractivity contribution in [2.75, 3.05) is 36.9 Å². The van der Waals surface area contributed by atoms with Crippen molar-refractivity contribution < 1.29 is 26.3 Å². The minimum Gasteiger partial charge on any atom is -0.462 e. The molecule has 1 aliphatic rings. The third-order valence-electron chi connectivity index (χ3n) is 5.75. The number of anilines is 1. The standard InChI is InChI=1S/C21H29F3N8O3S2/c1-2-5-14-12-15-17(31-8-9-32-16(13-31)29-30-19(32)21(22,23)24)27-20(28-18(15)36-14)35-10-7-26-6-3-4-11-37(25,33)34/h12,26H,2-11,13H2,1H3,(H2,25,33,34). The molecular formula is C21H29F3N8O3S2. The first-order valence-corrected chi connectivity index (χ1v) is 14.5. The summed E-state index contributed by atoms with van der Waals surface area (Å²) in [6.07, 6.45) is -1.57. The number of thiophene rings is 1. The molecule has 4 heterocycles. The van der Waals surface area contributed by atoms with Gasteiger partial charge in [0.15, 0.2) is 5.82 Å². The first-order valence-electron chi connectivity index (χ1n) is 11.9. The van der Waals surface area contributed by atoms with Crippen LogP contribution in [-0.2, 0) is 35.7 Å². The molecule has 0 atom stereocenters. The number of aryl methyl sites for hydroxylation is 1. The van der Waals surface area contributed by atoms with E-state index in [4.69, 9.17) is 9.88 Å². The Balaban J connectivity index is 1.45. The maximum Gasteiger partial charge on any atom is 0.451 e. The number of primary sulfonamides is 1. The largest absolute Gasteiger partial charge is 0.462 e. The van der Waals surface area contributed by atoms with Crippen LogP contribution in [0.4, 0.5) is 19.0 Å². The number of halogens is 3. The predicted molar refractivity (Wildman–Crippen MR) is 133 cm³/mol. The number of aromatic nitrogens is 5. The Labute approximate surface area is 216 Å². The van der Waals surface area contributed by atoms with Crippen LogP contribution in [0.2, 0.25) is 0 Å². The summed E-state index contributed by atoms with van der Waals surface area (Å²) in [5.74, 6) is -0.217. The van der Waals surface area contributed by atoms with Crippen LogP contribution >= 0.6 is 11.3 Å². The minimum atomic E-state index is -4.56. The highest BCUT2D eigenvalue weighted by molar-refractivity contribution is 7.89. The van der Waals surface area contributed by atoms with Gasteiger partial charge in [0.05, 0.1) is 17.7 Å². The highest BCUT2D eigenvalue weighted by atomic mass is 32.2. The maximum atomic E-state index is 13.2. The van der Waals surface area contributed by atoms with Crippen molar-refractivity contribution in [1.82, 2.24) is 30.0 Å². The smallest absolute Gasteiger partial charge is 0.451 e. The van der Waals surface area contributed by atoms with Crippen LogP contribution in [0.5, 0.6) is 6.01 Å². The van der Waals surface area contributed by atoms with E-state index in [0.29, 0.717) is 38.3 Å². The van der Waals surface area contributed by atoms with E-state index in [-0.39, 0.29) is 37.3 Å². The van der Waals surface area contributed by atoms with Gasteiger partial charge in [-0.1, -0.05) is 13.3 Å². The van der Waals surface area contributed by atoms with E-state index in [1.54, 1.807) is 11.3 Å². The van der Waals surface area contributed by atoms with Crippen molar-refractivity contribution in [3.05, 3.63) is 22.6 Å². The zero-order valence-electron chi connectivity index (χ0n) is 20.3. The van der Waals surface area contributed by atoms with Crippen LogP contribution < -0.4 is 20.1 Å². The second kappa shape index (κ2) is 11.4. The summed E-state index contributed by atoms with van der Waals surface area (Å²) in [4.78, 5) is 12.9. The molecule has 4 rings (SSSR count). The maximum absolute atomic E-state index is 13.2. The average Bonchev–Trinajstić information content (AvgIpc) is 3.43. The van der Waals surface area contributed by atoms with Gasteiger partial charge < -0.3 is 19.5 Å². The molecule has 16 heteroatoms. The zero-order chi connectivity index (χ0) is 26.6. The van der Waals surface area contributed by atoms with E-state index in [0.717, 1.165) is 32.5 Å². The van der Waals surface area contributed by atoms with Crippen LogP contribution in [0.1, 0.15) is 42.7 Å². The van der Waals surface area contributed by atoms with E-state index < -0.39 is 22.0 Å². The Bertz CT molecular complexity index is 1330. The highest BCUT2D eigenvalue weighted by Crippen LogP contribution is 2.35. The second-order valence-corrected chi connectivity index (χ2v) is 11.5. The summed E-state index contributed by atoms with van der Waals surface area (Å²) in [7, 11) is -3.44. The number of hydrogen-bond donors (Lipinski definition) is 2. The molecule has 0 amide bonds. The van der Waals surface area contributed by atoms with E-state index in [1.807, 2.05) is 11.0 Å². The van der Waals surface area contributed by atoms with Gasteiger partial charge in [0.25, 0.3) is 0 Å². The number of rotatable bonds is 12. The quantitative estimate of drug-likeness (QED) is 0.318. The third-order valence-corrected chi connectivity index (χ3v) is 7.69. The molecule has 0 fully saturated rings. The van der Waals surface area contributed by atoms with E-state index in [9.17, 15) is 21.6 Å². The minimum absolute atomic E-state index is 0.0486. The molecule has 0 saturated heterocycles. The van der Waals surface area contributed by atoms with Gasteiger partial charge in [0.2, 0.25) is 15.8 Å². The Hall–Kier alpha value is -2.56. The molecule has 11 nitrogen and oxygen atoms in total. The van der Waals surface area contributed by atoms with Gasteiger partial charge in [-0.05, 0) is 31.9 Å². The fourth-order valence-electron chi connectivity index (χ4n) is 4.05. The van der Waals surface area contributed by atoms with Crippen molar-refractivity contribution in [2.45, 2.75) is 51.9 Å². The number of ether oxygens (including phenoxy) is 1. The molecule has 0 saturated carbocycles. The molecule has 204 valence electrons. The molecule has 0 unspecified atom stereocenters. The molecule has 37 heavy (non-hydrogen) atoms. The molecule has 0 aromatic carbocycles. The molecule has 0 radical (unpaired) electrons. The third kappa shape index (κ3) is 7.06. The van der Waals surface area contributed by atoms with Gasteiger partial charge >= 0.3 is 12.2 Å². The molecule has 3 aromatic rings. The Morgan fingerprint density at radius 1 is 1.19 bits per heavy atom. The van der Waals surface area contributed by atoms with Gasteiger partial charge in [-0.3, -0.25) is 0 Å². The lowest BCUT2D eigenvalue weighted by Gasteiger charge is -2.29. The van der Waals surface area contributed by atoms with E-state index >= 15 is 0 Å². The topological polar surface area (TPSA) is 141 Å². The summed E-state index contributed by atoms with van der Waals surface area (Å²) < 4.78 is 68.6. The number of nitrogens with two attached hydrogens (primary N) is 1. The SMILES string of the molecule is CCCc1cc2c(N3CCn4c(nnc4C(F)(F)F)C3)nc(OCCNCCCCS(N)(=O)=O)nc2s1. The molecule has 1 aliphatic heterocycles. The summed E-state index contributed by atoms with van der Waals surface area (Å²) in [5, 5.41) is 16.1. The Morgan fingerprint density at radius 3 is 2.73 bits per heavy atom. The number of nitrogens with one attached hydrogen (secondary N) is 1. The normalized spacial score (nSPS) is 14.4. The van der Waals surface area contributed by atoms with Crippen molar-refractivity contribution in [3.63, 3.8) is 0 Å². The summed E-state index contributed by atoms with van der Waals surface area (Å²) in [6, 6.07) is 2.22.